The molecule has 3 rings (SSSR count). The van der Waals surface area contributed by atoms with E-state index in [0.29, 0.717) is 35.6 Å². The van der Waals surface area contributed by atoms with E-state index in [1.165, 1.54) is 12.1 Å². The van der Waals surface area contributed by atoms with E-state index in [-0.39, 0.29) is 30.7 Å². The van der Waals surface area contributed by atoms with E-state index < -0.39 is 11.9 Å². The van der Waals surface area contributed by atoms with Crippen molar-refractivity contribution in [2.24, 2.45) is 5.92 Å². The Morgan fingerprint density at radius 1 is 1.24 bits per heavy atom. The third-order valence-corrected chi connectivity index (χ3v) is 4.40. The van der Waals surface area contributed by atoms with Crippen LogP contribution in [-0.2, 0) is 4.79 Å². The molecule has 0 aliphatic carbocycles. The van der Waals surface area contributed by atoms with E-state index in [1.807, 2.05) is 0 Å². The molecule has 1 amide bonds. The predicted octanol–water partition coefficient (Wildman–Crippen LogP) is 2.60. The highest BCUT2D eigenvalue weighted by Gasteiger charge is 2.33. The van der Waals surface area contributed by atoms with Gasteiger partial charge in [0.1, 0.15) is 5.82 Å². The third-order valence-electron chi connectivity index (χ3n) is 4.40. The summed E-state index contributed by atoms with van der Waals surface area (Å²) in [6, 6.07) is 5.87. The van der Waals surface area contributed by atoms with E-state index in [9.17, 15) is 14.0 Å². The van der Waals surface area contributed by atoms with Crippen molar-refractivity contribution in [3.8, 4) is 5.69 Å². The number of carboxylic acids is 1. The summed E-state index contributed by atoms with van der Waals surface area (Å²) >= 11 is 0. The van der Waals surface area contributed by atoms with Gasteiger partial charge in [-0.15, -0.1) is 12.4 Å². The minimum absolute atomic E-state index is 0. The summed E-state index contributed by atoms with van der Waals surface area (Å²) in [6.07, 6.45) is 0.464. The average Bonchev–Trinajstić information content (AvgIpc) is 3.13. The maximum Gasteiger partial charge on any atom is 0.308 e. The van der Waals surface area contributed by atoms with Crippen molar-refractivity contribution in [3.05, 3.63) is 47.0 Å². The lowest BCUT2D eigenvalue weighted by Gasteiger charge is -2.16. The molecule has 1 aromatic carbocycles. The van der Waals surface area contributed by atoms with Crippen molar-refractivity contribution in [2.45, 2.75) is 20.3 Å². The normalized spacial score (nSPS) is 16.6. The Morgan fingerprint density at radius 3 is 2.44 bits per heavy atom. The predicted molar refractivity (Wildman–Crippen MR) is 91.9 cm³/mol. The first-order chi connectivity index (χ1) is 11.4. The molecule has 1 aliphatic rings. The summed E-state index contributed by atoms with van der Waals surface area (Å²) < 4.78 is 14.7. The molecule has 0 radical (unpaired) electrons. The number of aliphatic carboxylic acids is 1. The van der Waals surface area contributed by atoms with Gasteiger partial charge in [-0.25, -0.2) is 9.07 Å². The summed E-state index contributed by atoms with van der Waals surface area (Å²) in [5, 5.41) is 13.5. The Balaban J connectivity index is 0.00000225. The van der Waals surface area contributed by atoms with Crippen LogP contribution in [0.25, 0.3) is 5.69 Å². The number of likely N-dealkylation sites (tertiary alicyclic amines) is 1. The van der Waals surface area contributed by atoms with Gasteiger partial charge in [0.2, 0.25) is 0 Å². The lowest BCUT2D eigenvalue weighted by molar-refractivity contribution is -0.141. The standard InChI is InChI=1S/C17H18FN3O3.ClH/c1-10-15(16(22)20-8-7-12(9-20)17(23)24)11(2)21(19-10)14-5-3-13(18)4-6-14;/h3-6,12H,7-9H2,1-2H3,(H,23,24);1H. The van der Waals surface area contributed by atoms with Crippen molar-refractivity contribution in [1.82, 2.24) is 14.7 Å². The molecule has 8 heteroatoms. The molecule has 1 atom stereocenters. The molecule has 25 heavy (non-hydrogen) atoms. The lowest BCUT2D eigenvalue weighted by Crippen LogP contribution is -2.30. The van der Waals surface area contributed by atoms with Crippen LogP contribution in [0.5, 0.6) is 0 Å². The van der Waals surface area contributed by atoms with E-state index in [4.69, 9.17) is 5.11 Å². The number of hydrogen-bond donors (Lipinski definition) is 1. The molecule has 1 saturated heterocycles. The maximum absolute atomic E-state index is 13.1. The van der Waals surface area contributed by atoms with Crippen molar-refractivity contribution in [2.75, 3.05) is 13.1 Å². The van der Waals surface area contributed by atoms with Crippen LogP contribution in [0.1, 0.15) is 28.2 Å². The summed E-state index contributed by atoms with van der Waals surface area (Å²) in [4.78, 5) is 25.4. The molecule has 2 heterocycles. The van der Waals surface area contributed by atoms with Crippen LogP contribution < -0.4 is 0 Å². The Hall–Kier alpha value is -2.41. The van der Waals surface area contributed by atoms with Crippen LogP contribution in [0.4, 0.5) is 4.39 Å². The van der Waals surface area contributed by atoms with Crippen LogP contribution in [0.3, 0.4) is 0 Å². The molecule has 6 nitrogen and oxygen atoms in total. The molecule has 0 bridgehead atoms. The lowest BCUT2D eigenvalue weighted by atomic mass is 10.1. The second-order valence-electron chi connectivity index (χ2n) is 6.01. The van der Waals surface area contributed by atoms with Gasteiger partial charge in [-0.1, -0.05) is 0 Å². The summed E-state index contributed by atoms with van der Waals surface area (Å²) in [6.45, 7) is 4.16. The molecule has 1 aliphatic heterocycles. The van der Waals surface area contributed by atoms with Crippen LogP contribution in [-0.4, -0.2) is 44.8 Å². The first-order valence-corrected chi connectivity index (χ1v) is 7.72. The maximum atomic E-state index is 13.1. The Kier molecular flexibility index (Phi) is 5.47. The molecule has 1 fully saturated rings. The molecule has 1 aromatic heterocycles. The smallest absolute Gasteiger partial charge is 0.308 e. The number of aromatic nitrogens is 2. The highest BCUT2D eigenvalue weighted by Crippen LogP contribution is 2.24. The first-order valence-electron chi connectivity index (χ1n) is 7.72. The van der Waals surface area contributed by atoms with Gasteiger partial charge in [-0.3, -0.25) is 9.59 Å². The fraction of sp³-hybridized carbons (Fsp3) is 0.353. The zero-order chi connectivity index (χ0) is 17.4. The summed E-state index contributed by atoms with van der Waals surface area (Å²) in [5.41, 5.74) is 2.37. The number of carbonyl (C=O) groups is 2. The van der Waals surface area contributed by atoms with Crippen molar-refractivity contribution in [3.63, 3.8) is 0 Å². The highest BCUT2D eigenvalue weighted by atomic mass is 35.5. The minimum Gasteiger partial charge on any atom is -0.481 e. The topological polar surface area (TPSA) is 75.4 Å². The second kappa shape index (κ2) is 7.23. The van der Waals surface area contributed by atoms with Gasteiger partial charge in [-0.2, -0.15) is 5.10 Å². The monoisotopic (exact) mass is 367 g/mol. The zero-order valence-corrected chi connectivity index (χ0v) is 14.7. The number of aryl methyl sites for hydroxylation is 1. The molecule has 1 N–H and O–H groups in total. The van der Waals surface area contributed by atoms with Crippen LogP contribution >= 0.6 is 12.4 Å². The third kappa shape index (κ3) is 3.51. The second-order valence-corrected chi connectivity index (χ2v) is 6.01. The number of nitrogens with zero attached hydrogens (tertiary/aromatic N) is 3. The molecule has 0 spiro atoms. The van der Waals surface area contributed by atoms with Gasteiger partial charge < -0.3 is 10.0 Å². The van der Waals surface area contributed by atoms with E-state index in [2.05, 4.69) is 5.10 Å². The number of halogens is 2. The number of carboxylic acid groups (broad SMARTS) is 1. The van der Waals surface area contributed by atoms with Crippen LogP contribution in [0.15, 0.2) is 24.3 Å². The first kappa shape index (κ1) is 18.9. The number of hydrogen-bond acceptors (Lipinski definition) is 3. The SMILES string of the molecule is Cc1nn(-c2ccc(F)cc2)c(C)c1C(=O)N1CCC(C(=O)O)C1.Cl. The van der Waals surface area contributed by atoms with Crippen molar-refractivity contribution >= 4 is 24.3 Å². The number of amides is 1. The average molecular weight is 368 g/mol. The Bertz CT molecular complexity index is 804. The van der Waals surface area contributed by atoms with E-state index >= 15 is 0 Å². The van der Waals surface area contributed by atoms with Gasteiger partial charge in [0, 0.05) is 13.1 Å². The molecular weight excluding hydrogens is 349 g/mol. The van der Waals surface area contributed by atoms with Gasteiger partial charge in [0.15, 0.2) is 0 Å². The molecule has 134 valence electrons. The van der Waals surface area contributed by atoms with Crippen LogP contribution in [0.2, 0.25) is 0 Å². The van der Waals surface area contributed by atoms with Crippen LogP contribution in [0, 0.1) is 25.6 Å². The van der Waals surface area contributed by atoms with Crippen molar-refractivity contribution < 1.29 is 19.1 Å². The molecule has 1 unspecified atom stereocenters. The Labute approximate surface area is 150 Å². The van der Waals surface area contributed by atoms with Gasteiger partial charge in [-0.05, 0) is 44.5 Å². The minimum atomic E-state index is -0.874. The Morgan fingerprint density at radius 2 is 1.88 bits per heavy atom. The van der Waals surface area contributed by atoms with Gasteiger partial charge >= 0.3 is 5.97 Å². The number of carbonyl (C=O) groups excluding carboxylic acids is 1. The van der Waals surface area contributed by atoms with E-state index in [0.717, 1.165) is 0 Å². The van der Waals surface area contributed by atoms with E-state index in [1.54, 1.807) is 35.6 Å². The van der Waals surface area contributed by atoms with Crippen molar-refractivity contribution in [1.29, 1.82) is 0 Å². The van der Waals surface area contributed by atoms with Gasteiger partial charge in [0.05, 0.1) is 28.6 Å². The molecule has 2 aromatic rings. The van der Waals surface area contributed by atoms with Gasteiger partial charge in [0.25, 0.3) is 5.91 Å². The number of rotatable bonds is 3. The fourth-order valence-corrected chi connectivity index (χ4v) is 3.09. The summed E-state index contributed by atoms with van der Waals surface area (Å²) in [7, 11) is 0. The fourth-order valence-electron chi connectivity index (χ4n) is 3.09. The largest absolute Gasteiger partial charge is 0.481 e. The summed E-state index contributed by atoms with van der Waals surface area (Å²) in [5.74, 6) is -1.93. The number of benzene rings is 1. The quantitative estimate of drug-likeness (QED) is 0.904. The zero-order valence-electron chi connectivity index (χ0n) is 13.9. The molecular formula is C17H19ClFN3O3. The molecule has 0 saturated carbocycles. The highest BCUT2D eigenvalue weighted by molar-refractivity contribution is 5.97.